The van der Waals surface area contributed by atoms with Crippen LogP contribution in [0.4, 0.5) is 4.79 Å². The molecule has 0 saturated carbocycles. The number of carbonyl (C=O) groups excluding carboxylic acids is 1. The van der Waals surface area contributed by atoms with Gasteiger partial charge in [-0.25, -0.2) is 14.8 Å². The van der Waals surface area contributed by atoms with Crippen LogP contribution in [0, 0.1) is 6.92 Å². The summed E-state index contributed by atoms with van der Waals surface area (Å²) in [6, 6.07) is -0.144. The van der Waals surface area contributed by atoms with Crippen LogP contribution in [0.3, 0.4) is 0 Å². The van der Waals surface area contributed by atoms with Gasteiger partial charge in [0.15, 0.2) is 0 Å². The maximum atomic E-state index is 12.4. The second kappa shape index (κ2) is 7.54. The molecule has 2 rings (SSSR count). The summed E-state index contributed by atoms with van der Waals surface area (Å²) in [5.74, 6) is 0. The Morgan fingerprint density at radius 3 is 2.78 bits per heavy atom. The van der Waals surface area contributed by atoms with Gasteiger partial charge in [0.25, 0.3) is 0 Å². The smallest absolute Gasteiger partial charge is 0.317 e. The van der Waals surface area contributed by atoms with Crippen molar-refractivity contribution in [3.05, 3.63) is 28.2 Å². The van der Waals surface area contributed by atoms with E-state index in [1.807, 2.05) is 27.8 Å². The molecule has 0 saturated heterocycles. The number of thiazole rings is 1. The van der Waals surface area contributed by atoms with E-state index in [1.54, 1.807) is 27.2 Å². The first-order valence-corrected chi connectivity index (χ1v) is 8.56. The van der Waals surface area contributed by atoms with Crippen molar-refractivity contribution in [1.82, 2.24) is 30.0 Å². The van der Waals surface area contributed by atoms with Crippen LogP contribution in [-0.4, -0.2) is 43.8 Å². The topological polar surface area (TPSA) is 75.9 Å². The SMILES string of the molecule is CCc1nc(C)c([C@@H](C)N(C)C(=O)N[C@@H](C)Cn2cncn2)s1. The van der Waals surface area contributed by atoms with Crippen molar-refractivity contribution in [3.63, 3.8) is 0 Å². The van der Waals surface area contributed by atoms with Crippen LogP contribution in [0.2, 0.25) is 0 Å². The Morgan fingerprint density at radius 1 is 1.48 bits per heavy atom. The van der Waals surface area contributed by atoms with Crippen molar-refractivity contribution in [1.29, 1.82) is 0 Å². The van der Waals surface area contributed by atoms with Gasteiger partial charge >= 0.3 is 6.03 Å². The Bertz CT molecular complexity index is 638. The van der Waals surface area contributed by atoms with Crippen LogP contribution in [0.15, 0.2) is 12.7 Å². The predicted molar refractivity (Wildman–Crippen MR) is 90.4 cm³/mol. The van der Waals surface area contributed by atoms with Gasteiger partial charge < -0.3 is 10.2 Å². The molecule has 7 nitrogen and oxygen atoms in total. The van der Waals surface area contributed by atoms with E-state index in [2.05, 4.69) is 27.3 Å². The van der Waals surface area contributed by atoms with Gasteiger partial charge in [-0.05, 0) is 27.2 Å². The molecule has 0 spiro atoms. The number of urea groups is 1. The van der Waals surface area contributed by atoms with Gasteiger partial charge in [-0.2, -0.15) is 5.10 Å². The molecule has 23 heavy (non-hydrogen) atoms. The molecular formula is C15H24N6OS. The summed E-state index contributed by atoms with van der Waals surface area (Å²) >= 11 is 1.68. The lowest BCUT2D eigenvalue weighted by atomic mass is 10.2. The largest absolute Gasteiger partial charge is 0.334 e. The molecule has 0 radical (unpaired) electrons. The first-order valence-electron chi connectivity index (χ1n) is 7.74. The highest BCUT2D eigenvalue weighted by atomic mass is 32.1. The van der Waals surface area contributed by atoms with E-state index >= 15 is 0 Å². The minimum atomic E-state index is -0.101. The standard InChI is InChI=1S/C15H24N6OS/c1-6-13-19-11(3)14(23-13)12(4)20(5)15(22)18-10(2)7-21-9-16-8-17-21/h8-10,12H,6-7H2,1-5H3,(H,18,22)/t10-,12+/m0/s1. The third-order valence-corrected chi connectivity index (χ3v) is 5.23. The van der Waals surface area contributed by atoms with E-state index in [-0.39, 0.29) is 18.1 Å². The highest BCUT2D eigenvalue weighted by Gasteiger charge is 2.22. The van der Waals surface area contributed by atoms with E-state index in [4.69, 9.17) is 0 Å². The average molecular weight is 336 g/mol. The Balaban J connectivity index is 1.96. The average Bonchev–Trinajstić information content (AvgIpc) is 3.14. The van der Waals surface area contributed by atoms with Gasteiger partial charge in [-0.1, -0.05) is 6.92 Å². The Kier molecular flexibility index (Phi) is 5.70. The number of hydrogen-bond donors (Lipinski definition) is 1. The van der Waals surface area contributed by atoms with Crippen molar-refractivity contribution in [2.24, 2.45) is 0 Å². The lowest BCUT2D eigenvalue weighted by molar-refractivity contribution is 0.190. The molecule has 0 aliphatic heterocycles. The van der Waals surface area contributed by atoms with Gasteiger partial charge in [0.05, 0.1) is 23.3 Å². The molecule has 126 valence electrons. The first-order chi connectivity index (χ1) is 10.9. The van der Waals surface area contributed by atoms with Crippen molar-refractivity contribution >= 4 is 17.4 Å². The van der Waals surface area contributed by atoms with Crippen LogP contribution in [0.25, 0.3) is 0 Å². The van der Waals surface area contributed by atoms with Crippen molar-refractivity contribution < 1.29 is 4.79 Å². The van der Waals surface area contributed by atoms with Crippen molar-refractivity contribution in [3.8, 4) is 0 Å². The summed E-state index contributed by atoms with van der Waals surface area (Å²) in [6.45, 7) is 8.66. The van der Waals surface area contributed by atoms with Crippen LogP contribution >= 0.6 is 11.3 Å². The minimum absolute atomic E-state index is 0.00799. The predicted octanol–water partition coefficient (Wildman–Crippen LogP) is 2.40. The third kappa shape index (κ3) is 4.28. The second-order valence-corrected chi connectivity index (χ2v) is 6.78. The summed E-state index contributed by atoms with van der Waals surface area (Å²) < 4.78 is 1.70. The molecule has 8 heteroatoms. The summed E-state index contributed by atoms with van der Waals surface area (Å²) in [4.78, 5) is 23.7. The number of nitrogens with zero attached hydrogens (tertiary/aromatic N) is 5. The summed E-state index contributed by atoms with van der Waals surface area (Å²) in [5, 5.41) is 8.15. The van der Waals surface area contributed by atoms with E-state index < -0.39 is 0 Å². The monoisotopic (exact) mass is 336 g/mol. The van der Waals surface area contributed by atoms with Crippen LogP contribution in [0.1, 0.15) is 42.4 Å². The molecule has 0 fully saturated rings. The van der Waals surface area contributed by atoms with E-state index in [0.717, 1.165) is 22.0 Å². The van der Waals surface area contributed by atoms with Gasteiger partial charge in [-0.3, -0.25) is 4.68 Å². The van der Waals surface area contributed by atoms with Crippen LogP contribution < -0.4 is 5.32 Å². The van der Waals surface area contributed by atoms with Crippen molar-refractivity contribution in [2.45, 2.75) is 52.7 Å². The second-order valence-electron chi connectivity index (χ2n) is 5.67. The number of carbonyl (C=O) groups is 1. The molecule has 0 bridgehead atoms. The Hall–Kier alpha value is -1.96. The number of hydrogen-bond acceptors (Lipinski definition) is 5. The van der Waals surface area contributed by atoms with Crippen LogP contribution in [-0.2, 0) is 13.0 Å². The zero-order chi connectivity index (χ0) is 17.0. The molecule has 2 aromatic heterocycles. The number of aryl methyl sites for hydroxylation is 2. The number of rotatable bonds is 6. The lowest BCUT2D eigenvalue weighted by Gasteiger charge is -2.26. The summed E-state index contributed by atoms with van der Waals surface area (Å²) in [5.41, 5.74) is 1.01. The Morgan fingerprint density at radius 2 is 2.22 bits per heavy atom. The van der Waals surface area contributed by atoms with Gasteiger partial charge in [0.1, 0.15) is 12.7 Å². The fourth-order valence-corrected chi connectivity index (χ4v) is 3.42. The number of aromatic nitrogens is 4. The Labute approximate surface area is 140 Å². The fraction of sp³-hybridized carbons (Fsp3) is 0.600. The normalized spacial score (nSPS) is 13.6. The molecule has 2 aromatic rings. The zero-order valence-corrected chi connectivity index (χ0v) is 15.1. The molecule has 0 aliphatic carbocycles. The number of nitrogens with one attached hydrogen (secondary N) is 1. The molecule has 1 N–H and O–H groups in total. The van der Waals surface area contributed by atoms with Crippen LogP contribution in [0.5, 0.6) is 0 Å². The van der Waals surface area contributed by atoms with E-state index in [1.165, 1.54) is 6.33 Å². The van der Waals surface area contributed by atoms with E-state index in [0.29, 0.717) is 6.54 Å². The number of amides is 2. The maximum Gasteiger partial charge on any atom is 0.317 e. The molecule has 2 amide bonds. The molecule has 0 unspecified atom stereocenters. The minimum Gasteiger partial charge on any atom is -0.334 e. The molecule has 2 atom stereocenters. The third-order valence-electron chi connectivity index (χ3n) is 3.76. The quantitative estimate of drug-likeness (QED) is 0.879. The highest BCUT2D eigenvalue weighted by Crippen LogP contribution is 2.28. The lowest BCUT2D eigenvalue weighted by Crippen LogP contribution is -2.44. The van der Waals surface area contributed by atoms with Crippen molar-refractivity contribution in [2.75, 3.05) is 7.05 Å². The summed E-state index contributed by atoms with van der Waals surface area (Å²) in [6.07, 6.45) is 4.05. The highest BCUT2D eigenvalue weighted by molar-refractivity contribution is 7.11. The van der Waals surface area contributed by atoms with E-state index in [9.17, 15) is 4.79 Å². The van der Waals surface area contributed by atoms with Gasteiger partial charge in [0.2, 0.25) is 0 Å². The fourth-order valence-electron chi connectivity index (χ4n) is 2.32. The zero-order valence-electron chi connectivity index (χ0n) is 14.3. The molecule has 0 aromatic carbocycles. The van der Waals surface area contributed by atoms with Gasteiger partial charge in [-0.15, -0.1) is 11.3 Å². The first kappa shape index (κ1) is 17.4. The maximum absolute atomic E-state index is 12.4. The molecular weight excluding hydrogens is 312 g/mol. The molecule has 0 aliphatic rings. The molecule has 2 heterocycles. The summed E-state index contributed by atoms with van der Waals surface area (Å²) in [7, 11) is 1.81. The van der Waals surface area contributed by atoms with Gasteiger partial charge in [0, 0.05) is 18.0 Å².